The van der Waals surface area contributed by atoms with Gasteiger partial charge in [-0.15, -0.1) is 0 Å². The van der Waals surface area contributed by atoms with E-state index in [4.69, 9.17) is 4.74 Å². The summed E-state index contributed by atoms with van der Waals surface area (Å²) >= 11 is 0. The molecule has 0 heterocycles. The van der Waals surface area contributed by atoms with Crippen LogP contribution in [0, 0.1) is 5.92 Å². The van der Waals surface area contributed by atoms with Gasteiger partial charge in [-0.1, -0.05) is 25.1 Å². The summed E-state index contributed by atoms with van der Waals surface area (Å²) in [5.74, 6) is 1.30. The molecule has 2 rings (SSSR count). The van der Waals surface area contributed by atoms with Crippen LogP contribution < -0.4 is 4.74 Å². The Bertz CT molecular complexity index is 408. The number of hydrogen-bond donors (Lipinski definition) is 2. The minimum absolute atomic E-state index is 0.555. The topological polar surface area (TPSA) is 49.7 Å². The molecule has 0 spiro atoms. The molecule has 1 atom stereocenters. The molecule has 106 valence electrons. The van der Waals surface area contributed by atoms with Crippen LogP contribution >= 0.6 is 0 Å². The van der Waals surface area contributed by atoms with E-state index in [1.807, 2.05) is 31.2 Å². The van der Waals surface area contributed by atoms with Crippen LogP contribution in [0.3, 0.4) is 0 Å². The third kappa shape index (κ3) is 3.10. The van der Waals surface area contributed by atoms with Crippen LogP contribution in [-0.4, -0.2) is 22.4 Å². The van der Waals surface area contributed by atoms with Crippen LogP contribution in [0.5, 0.6) is 5.75 Å². The van der Waals surface area contributed by atoms with Crippen LogP contribution in [-0.2, 0) is 0 Å². The van der Waals surface area contributed by atoms with E-state index in [9.17, 15) is 10.2 Å². The SMILES string of the molecule is CCOc1ccccc1C(O)C1(O)CCC(C)CC1. The Morgan fingerprint density at radius 3 is 2.58 bits per heavy atom. The van der Waals surface area contributed by atoms with E-state index in [-0.39, 0.29) is 0 Å². The summed E-state index contributed by atoms with van der Waals surface area (Å²) in [5, 5.41) is 21.3. The van der Waals surface area contributed by atoms with Gasteiger partial charge in [0.1, 0.15) is 11.9 Å². The molecule has 1 aliphatic carbocycles. The van der Waals surface area contributed by atoms with Gasteiger partial charge in [0.05, 0.1) is 12.2 Å². The summed E-state index contributed by atoms with van der Waals surface area (Å²) in [6.45, 7) is 4.67. The molecule has 3 heteroatoms. The Labute approximate surface area is 115 Å². The molecule has 1 unspecified atom stereocenters. The largest absolute Gasteiger partial charge is 0.493 e. The highest BCUT2D eigenvalue weighted by Crippen LogP contribution is 2.42. The predicted octanol–water partition coefficient (Wildman–Crippen LogP) is 3.06. The molecule has 2 N–H and O–H groups in total. The van der Waals surface area contributed by atoms with Gasteiger partial charge in [-0.25, -0.2) is 0 Å². The van der Waals surface area contributed by atoms with Crippen molar-refractivity contribution < 1.29 is 14.9 Å². The molecular formula is C16H24O3. The summed E-state index contributed by atoms with van der Waals surface area (Å²) in [6, 6.07) is 7.44. The van der Waals surface area contributed by atoms with E-state index in [1.54, 1.807) is 0 Å². The number of benzene rings is 1. The van der Waals surface area contributed by atoms with E-state index < -0.39 is 11.7 Å². The third-order valence-corrected chi connectivity index (χ3v) is 4.16. The number of aliphatic hydroxyl groups excluding tert-OH is 1. The maximum absolute atomic E-state index is 10.7. The van der Waals surface area contributed by atoms with Gasteiger partial charge in [-0.05, 0) is 44.6 Å². The molecule has 1 saturated carbocycles. The van der Waals surface area contributed by atoms with Gasteiger partial charge in [0.2, 0.25) is 0 Å². The average molecular weight is 264 g/mol. The summed E-state index contributed by atoms with van der Waals surface area (Å²) in [4.78, 5) is 0. The molecule has 3 nitrogen and oxygen atoms in total. The van der Waals surface area contributed by atoms with Crippen LogP contribution in [0.1, 0.15) is 51.2 Å². The van der Waals surface area contributed by atoms with Crippen LogP contribution in [0.25, 0.3) is 0 Å². The van der Waals surface area contributed by atoms with Gasteiger partial charge >= 0.3 is 0 Å². The zero-order chi connectivity index (χ0) is 13.9. The van der Waals surface area contributed by atoms with Crippen molar-refractivity contribution in [1.29, 1.82) is 0 Å². The highest BCUT2D eigenvalue weighted by molar-refractivity contribution is 5.36. The Morgan fingerprint density at radius 1 is 1.32 bits per heavy atom. The van der Waals surface area contributed by atoms with E-state index in [2.05, 4.69) is 6.92 Å². The highest BCUT2D eigenvalue weighted by Gasteiger charge is 2.40. The third-order valence-electron chi connectivity index (χ3n) is 4.16. The zero-order valence-corrected chi connectivity index (χ0v) is 11.8. The fourth-order valence-electron chi connectivity index (χ4n) is 2.82. The lowest BCUT2D eigenvalue weighted by Crippen LogP contribution is -2.40. The maximum atomic E-state index is 10.7. The van der Waals surface area contributed by atoms with Crippen molar-refractivity contribution in [3.05, 3.63) is 29.8 Å². The van der Waals surface area contributed by atoms with E-state index in [1.165, 1.54) is 0 Å². The quantitative estimate of drug-likeness (QED) is 0.878. The minimum atomic E-state index is -1.01. The molecule has 0 amide bonds. The second-order valence-corrected chi connectivity index (χ2v) is 5.66. The maximum Gasteiger partial charge on any atom is 0.125 e. The van der Waals surface area contributed by atoms with Gasteiger partial charge in [-0.2, -0.15) is 0 Å². The molecule has 0 saturated heterocycles. The summed E-state index contributed by atoms with van der Waals surface area (Å²) < 4.78 is 5.54. The second kappa shape index (κ2) is 5.93. The molecule has 0 bridgehead atoms. The van der Waals surface area contributed by atoms with Gasteiger partial charge in [0, 0.05) is 5.56 Å². The van der Waals surface area contributed by atoms with Crippen LogP contribution in [0.15, 0.2) is 24.3 Å². The van der Waals surface area contributed by atoms with Crippen LogP contribution in [0.2, 0.25) is 0 Å². The van der Waals surface area contributed by atoms with E-state index >= 15 is 0 Å². The molecule has 0 radical (unpaired) electrons. The van der Waals surface area contributed by atoms with E-state index in [0.717, 1.165) is 12.8 Å². The van der Waals surface area contributed by atoms with Gasteiger partial charge in [0.25, 0.3) is 0 Å². The molecule has 19 heavy (non-hydrogen) atoms. The first-order valence-electron chi connectivity index (χ1n) is 7.19. The minimum Gasteiger partial charge on any atom is -0.493 e. The van der Waals surface area contributed by atoms with Crippen molar-refractivity contribution in [2.75, 3.05) is 6.61 Å². The zero-order valence-electron chi connectivity index (χ0n) is 11.8. The average Bonchev–Trinajstić information content (AvgIpc) is 2.43. The fraction of sp³-hybridized carbons (Fsp3) is 0.625. The standard InChI is InChI=1S/C16H24O3/c1-3-19-14-7-5-4-6-13(14)15(17)16(18)10-8-12(2)9-11-16/h4-7,12,15,17-18H,3,8-11H2,1-2H3. The van der Waals surface area contributed by atoms with Crippen LogP contribution in [0.4, 0.5) is 0 Å². The Morgan fingerprint density at radius 2 is 1.95 bits per heavy atom. The van der Waals surface area contributed by atoms with Crippen molar-refractivity contribution in [3.63, 3.8) is 0 Å². The molecule has 1 aromatic rings. The van der Waals surface area contributed by atoms with Crippen molar-refractivity contribution in [1.82, 2.24) is 0 Å². The smallest absolute Gasteiger partial charge is 0.125 e. The number of rotatable bonds is 4. The number of ether oxygens (including phenoxy) is 1. The fourth-order valence-corrected chi connectivity index (χ4v) is 2.82. The second-order valence-electron chi connectivity index (χ2n) is 5.66. The van der Waals surface area contributed by atoms with Crippen molar-refractivity contribution in [2.45, 2.75) is 51.2 Å². The molecule has 0 aromatic heterocycles. The lowest BCUT2D eigenvalue weighted by atomic mass is 9.75. The number of aliphatic hydroxyl groups is 2. The number of hydrogen-bond acceptors (Lipinski definition) is 3. The first kappa shape index (κ1) is 14.4. The molecule has 1 aromatic carbocycles. The van der Waals surface area contributed by atoms with Crippen molar-refractivity contribution in [2.24, 2.45) is 5.92 Å². The first-order valence-corrected chi connectivity index (χ1v) is 7.19. The summed E-state index contributed by atoms with van der Waals surface area (Å²) in [7, 11) is 0. The van der Waals surface area contributed by atoms with Crippen molar-refractivity contribution in [3.8, 4) is 5.75 Å². The summed E-state index contributed by atoms with van der Waals surface area (Å²) in [5.41, 5.74) is -0.318. The molecule has 0 aliphatic heterocycles. The summed E-state index contributed by atoms with van der Waals surface area (Å²) in [6.07, 6.45) is 2.35. The van der Waals surface area contributed by atoms with E-state index in [0.29, 0.717) is 36.7 Å². The predicted molar refractivity (Wildman–Crippen MR) is 75.2 cm³/mol. The first-order chi connectivity index (χ1) is 9.07. The monoisotopic (exact) mass is 264 g/mol. The molecule has 1 fully saturated rings. The Kier molecular flexibility index (Phi) is 4.48. The van der Waals surface area contributed by atoms with Gasteiger partial charge in [-0.3, -0.25) is 0 Å². The highest BCUT2D eigenvalue weighted by atomic mass is 16.5. The normalized spacial score (nSPS) is 28.9. The van der Waals surface area contributed by atoms with Gasteiger partial charge < -0.3 is 14.9 Å². The Balaban J connectivity index is 2.21. The molecular weight excluding hydrogens is 240 g/mol. The van der Waals surface area contributed by atoms with Gasteiger partial charge in [0.15, 0.2) is 0 Å². The van der Waals surface area contributed by atoms with Crippen molar-refractivity contribution >= 4 is 0 Å². The Hall–Kier alpha value is -1.06. The lowest BCUT2D eigenvalue weighted by Gasteiger charge is -2.39. The lowest BCUT2D eigenvalue weighted by molar-refractivity contribution is -0.106. The molecule has 1 aliphatic rings. The number of para-hydroxylation sites is 1.